The average molecular weight is 256 g/mol. The Morgan fingerprint density at radius 1 is 1.29 bits per heavy atom. The first-order valence-corrected chi connectivity index (χ1v) is 5.72. The number of hydrogen-bond donors (Lipinski definition) is 1. The number of hydrogen-bond acceptors (Lipinski definition) is 3. The van der Waals surface area contributed by atoms with E-state index < -0.39 is 0 Å². The van der Waals surface area contributed by atoms with Gasteiger partial charge in [-0.2, -0.15) is 0 Å². The second-order valence-electron chi connectivity index (χ2n) is 3.61. The number of nitrogens with two attached hydrogens (primary N) is 1. The van der Waals surface area contributed by atoms with Crippen molar-refractivity contribution in [2.24, 2.45) is 0 Å². The van der Waals surface area contributed by atoms with Crippen molar-refractivity contribution >= 4 is 27.4 Å². The van der Waals surface area contributed by atoms with E-state index >= 15 is 0 Å². The molecule has 0 unspecified atom stereocenters. The first-order chi connectivity index (χ1) is 6.77. The van der Waals surface area contributed by atoms with Crippen LogP contribution in [0.4, 0.5) is 11.5 Å². The summed E-state index contributed by atoms with van der Waals surface area (Å²) < 4.78 is 1.05. The fourth-order valence-electron chi connectivity index (χ4n) is 1.81. The molecule has 1 aromatic heterocycles. The third kappa shape index (κ3) is 2.00. The average Bonchev–Trinajstić information content (AvgIpc) is 2.19. The maximum Gasteiger partial charge on any atom is 0.124 e. The second kappa shape index (κ2) is 4.17. The van der Waals surface area contributed by atoms with Gasteiger partial charge in [-0.3, -0.25) is 0 Å². The van der Waals surface area contributed by atoms with Gasteiger partial charge in [0, 0.05) is 17.6 Å². The standard InChI is InChI=1S/C10H14BrN3/c11-8-6-10(12)13-7-9(8)14-4-2-1-3-5-14/h6-7H,1-5H2,(H2,12,13). The fourth-order valence-corrected chi connectivity index (χ4v) is 2.39. The molecule has 0 radical (unpaired) electrons. The molecule has 1 saturated heterocycles. The van der Waals surface area contributed by atoms with Gasteiger partial charge in [0.2, 0.25) is 0 Å². The summed E-state index contributed by atoms with van der Waals surface area (Å²) in [5.74, 6) is 0.567. The number of aromatic nitrogens is 1. The number of nitrogens with zero attached hydrogens (tertiary/aromatic N) is 2. The molecule has 1 aromatic rings. The minimum absolute atomic E-state index is 0.567. The second-order valence-corrected chi connectivity index (χ2v) is 4.46. The van der Waals surface area contributed by atoms with E-state index in [1.807, 2.05) is 12.3 Å². The van der Waals surface area contributed by atoms with Gasteiger partial charge in [0.15, 0.2) is 0 Å². The zero-order chi connectivity index (χ0) is 9.97. The van der Waals surface area contributed by atoms with Crippen LogP contribution in [0.3, 0.4) is 0 Å². The summed E-state index contributed by atoms with van der Waals surface area (Å²) in [6.45, 7) is 2.26. The maximum atomic E-state index is 5.60. The Morgan fingerprint density at radius 3 is 2.64 bits per heavy atom. The highest BCUT2D eigenvalue weighted by Gasteiger charge is 2.13. The lowest BCUT2D eigenvalue weighted by atomic mass is 10.1. The van der Waals surface area contributed by atoms with Crippen LogP contribution in [0.2, 0.25) is 0 Å². The van der Waals surface area contributed by atoms with E-state index in [1.165, 1.54) is 24.9 Å². The summed E-state index contributed by atoms with van der Waals surface area (Å²) in [6.07, 6.45) is 5.74. The van der Waals surface area contributed by atoms with Crippen LogP contribution in [0.5, 0.6) is 0 Å². The van der Waals surface area contributed by atoms with Gasteiger partial charge in [0.25, 0.3) is 0 Å². The molecule has 76 valence electrons. The van der Waals surface area contributed by atoms with Crippen molar-refractivity contribution in [1.82, 2.24) is 4.98 Å². The lowest BCUT2D eigenvalue weighted by Gasteiger charge is -2.29. The lowest BCUT2D eigenvalue weighted by Crippen LogP contribution is -2.29. The molecule has 0 atom stereocenters. The van der Waals surface area contributed by atoms with Gasteiger partial charge >= 0.3 is 0 Å². The van der Waals surface area contributed by atoms with Gasteiger partial charge in [-0.25, -0.2) is 4.98 Å². The summed E-state index contributed by atoms with van der Waals surface area (Å²) in [5.41, 5.74) is 6.76. The molecular weight excluding hydrogens is 242 g/mol. The molecule has 0 aliphatic carbocycles. The van der Waals surface area contributed by atoms with Crippen molar-refractivity contribution < 1.29 is 0 Å². The molecule has 2 rings (SSSR count). The van der Waals surface area contributed by atoms with Gasteiger partial charge in [0.1, 0.15) is 5.82 Å². The minimum atomic E-state index is 0.567. The molecule has 0 saturated carbocycles. The van der Waals surface area contributed by atoms with Crippen molar-refractivity contribution in [3.63, 3.8) is 0 Å². The summed E-state index contributed by atoms with van der Waals surface area (Å²) >= 11 is 3.52. The Morgan fingerprint density at radius 2 is 2.00 bits per heavy atom. The number of rotatable bonds is 1. The molecule has 14 heavy (non-hydrogen) atoms. The van der Waals surface area contributed by atoms with E-state index in [4.69, 9.17) is 5.73 Å². The molecule has 1 fully saturated rings. The minimum Gasteiger partial charge on any atom is -0.384 e. The summed E-state index contributed by atoms with van der Waals surface area (Å²) in [5, 5.41) is 0. The number of nitrogen functional groups attached to an aromatic ring is 1. The van der Waals surface area contributed by atoms with Gasteiger partial charge in [-0.1, -0.05) is 0 Å². The largest absolute Gasteiger partial charge is 0.384 e. The van der Waals surface area contributed by atoms with E-state index in [9.17, 15) is 0 Å². The molecule has 0 spiro atoms. The van der Waals surface area contributed by atoms with Crippen molar-refractivity contribution in [1.29, 1.82) is 0 Å². The van der Waals surface area contributed by atoms with Crippen molar-refractivity contribution in [2.75, 3.05) is 23.7 Å². The predicted octanol–water partition coefficient (Wildman–Crippen LogP) is 2.42. The third-order valence-corrected chi connectivity index (χ3v) is 3.19. The first kappa shape index (κ1) is 9.77. The monoisotopic (exact) mass is 255 g/mol. The van der Waals surface area contributed by atoms with Crippen molar-refractivity contribution in [3.05, 3.63) is 16.7 Å². The summed E-state index contributed by atoms with van der Waals surface area (Å²) in [4.78, 5) is 6.48. The number of anilines is 2. The van der Waals surface area contributed by atoms with Crippen LogP contribution in [0.1, 0.15) is 19.3 Å². The molecular formula is C10H14BrN3. The third-order valence-electron chi connectivity index (χ3n) is 2.55. The topological polar surface area (TPSA) is 42.1 Å². The molecule has 1 aliphatic heterocycles. The maximum absolute atomic E-state index is 5.60. The van der Waals surface area contributed by atoms with Crippen LogP contribution in [0, 0.1) is 0 Å². The van der Waals surface area contributed by atoms with E-state index in [0.717, 1.165) is 17.6 Å². The Hall–Kier alpha value is -0.770. The quantitative estimate of drug-likeness (QED) is 0.839. The highest BCUT2D eigenvalue weighted by Crippen LogP contribution is 2.28. The Kier molecular flexibility index (Phi) is 2.91. The van der Waals surface area contributed by atoms with E-state index in [0.29, 0.717) is 5.82 Å². The number of halogens is 1. The number of piperidine rings is 1. The van der Waals surface area contributed by atoms with Crippen LogP contribution in [0.15, 0.2) is 16.7 Å². The van der Waals surface area contributed by atoms with E-state index in [2.05, 4.69) is 25.8 Å². The highest BCUT2D eigenvalue weighted by molar-refractivity contribution is 9.10. The Labute approximate surface area is 92.4 Å². The van der Waals surface area contributed by atoms with Crippen LogP contribution in [-0.2, 0) is 0 Å². The van der Waals surface area contributed by atoms with E-state index in [-0.39, 0.29) is 0 Å². The van der Waals surface area contributed by atoms with Crippen LogP contribution >= 0.6 is 15.9 Å². The SMILES string of the molecule is Nc1cc(Br)c(N2CCCCC2)cn1. The molecule has 0 amide bonds. The van der Waals surface area contributed by atoms with Crippen molar-refractivity contribution in [3.8, 4) is 0 Å². The Bertz CT molecular complexity index is 321. The summed E-state index contributed by atoms with van der Waals surface area (Å²) in [7, 11) is 0. The normalized spacial score (nSPS) is 17.1. The molecule has 0 aromatic carbocycles. The van der Waals surface area contributed by atoms with Gasteiger partial charge < -0.3 is 10.6 Å². The molecule has 2 heterocycles. The highest BCUT2D eigenvalue weighted by atomic mass is 79.9. The smallest absolute Gasteiger partial charge is 0.124 e. The molecule has 0 bridgehead atoms. The molecule has 3 nitrogen and oxygen atoms in total. The van der Waals surface area contributed by atoms with Crippen LogP contribution < -0.4 is 10.6 Å². The van der Waals surface area contributed by atoms with Crippen molar-refractivity contribution in [2.45, 2.75) is 19.3 Å². The first-order valence-electron chi connectivity index (χ1n) is 4.93. The van der Waals surface area contributed by atoms with Crippen LogP contribution in [0.25, 0.3) is 0 Å². The molecule has 4 heteroatoms. The predicted molar refractivity (Wildman–Crippen MR) is 62.4 cm³/mol. The molecule has 1 aliphatic rings. The summed E-state index contributed by atoms with van der Waals surface area (Å²) in [6, 6.07) is 1.87. The van der Waals surface area contributed by atoms with Gasteiger partial charge in [-0.15, -0.1) is 0 Å². The fraction of sp³-hybridized carbons (Fsp3) is 0.500. The van der Waals surface area contributed by atoms with Gasteiger partial charge in [0.05, 0.1) is 11.9 Å². The lowest BCUT2D eigenvalue weighted by molar-refractivity contribution is 0.577. The van der Waals surface area contributed by atoms with Crippen LogP contribution in [-0.4, -0.2) is 18.1 Å². The zero-order valence-corrected chi connectivity index (χ0v) is 9.63. The Balaban J connectivity index is 2.22. The zero-order valence-electron chi connectivity index (χ0n) is 8.04. The number of pyridine rings is 1. The van der Waals surface area contributed by atoms with E-state index in [1.54, 1.807) is 0 Å². The molecule has 2 N–H and O–H groups in total. The van der Waals surface area contributed by atoms with Gasteiger partial charge in [-0.05, 0) is 41.3 Å².